The molecule has 3 nitrogen and oxygen atoms in total. The number of aromatic nitrogens is 3. The maximum absolute atomic E-state index is 12.2. The standard InChI is InChI=1S/C17H16FN3/c18-11-6-12-21-13-17(19-20-21)16-10-5-4-9-15(16)14-7-2-1-3-8-14/h1-5,7-10,13H,6,11-12H2. The molecule has 0 radical (unpaired) electrons. The van der Waals surface area contributed by atoms with Crippen molar-refractivity contribution in [3.8, 4) is 22.4 Å². The molecule has 21 heavy (non-hydrogen) atoms. The zero-order chi connectivity index (χ0) is 14.5. The molecule has 4 heteroatoms. The van der Waals surface area contributed by atoms with Gasteiger partial charge in [-0.2, -0.15) is 0 Å². The van der Waals surface area contributed by atoms with E-state index in [-0.39, 0.29) is 6.67 Å². The third kappa shape index (κ3) is 2.99. The fourth-order valence-electron chi connectivity index (χ4n) is 2.33. The first kappa shape index (κ1) is 13.5. The average Bonchev–Trinajstić information content (AvgIpc) is 3.02. The maximum Gasteiger partial charge on any atom is 0.113 e. The summed E-state index contributed by atoms with van der Waals surface area (Å²) in [5.41, 5.74) is 4.12. The molecule has 0 unspecified atom stereocenters. The van der Waals surface area contributed by atoms with E-state index in [0.29, 0.717) is 13.0 Å². The van der Waals surface area contributed by atoms with Crippen molar-refractivity contribution in [3.05, 3.63) is 60.8 Å². The van der Waals surface area contributed by atoms with Crippen molar-refractivity contribution >= 4 is 0 Å². The van der Waals surface area contributed by atoms with E-state index in [2.05, 4.69) is 28.5 Å². The Morgan fingerprint density at radius 2 is 1.62 bits per heavy atom. The van der Waals surface area contributed by atoms with Gasteiger partial charge < -0.3 is 0 Å². The Morgan fingerprint density at radius 3 is 2.38 bits per heavy atom. The third-order valence-corrected chi connectivity index (χ3v) is 3.35. The second-order valence-corrected chi connectivity index (χ2v) is 4.82. The van der Waals surface area contributed by atoms with Crippen LogP contribution in [0.15, 0.2) is 60.8 Å². The SMILES string of the molecule is FCCCn1cc(-c2ccccc2-c2ccccc2)nn1. The monoisotopic (exact) mass is 281 g/mol. The molecule has 0 aliphatic carbocycles. The van der Waals surface area contributed by atoms with Crippen molar-refractivity contribution in [2.75, 3.05) is 6.67 Å². The van der Waals surface area contributed by atoms with Crippen LogP contribution in [0.5, 0.6) is 0 Å². The quantitative estimate of drug-likeness (QED) is 0.708. The summed E-state index contributed by atoms with van der Waals surface area (Å²) < 4.78 is 13.9. The summed E-state index contributed by atoms with van der Waals surface area (Å²) in [4.78, 5) is 0. The van der Waals surface area contributed by atoms with Gasteiger partial charge in [0.15, 0.2) is 0 Å². The first-order valence-corrected chi connectivity index (χ1v) is 6.99. The highest BCUT2D eigenvalue weighted by molar-refractivity contribution is 5.81. The van der Waals surface area contributed by atoms with Crippen LogP contribution in [0, 0.1) is 0 Å². The summed E-state index contributed by atoms with van der Waals surface area (Å²) in [6.07, 6.45) is 2.33. The molecule has 0 aliphatic rings. The van der Waals surface area contributed by atoms with Crippen molar-refractivity contribution in [1.82, 2.24) is 15.0 Å². The number of halogens is 1. The lowest BCUT2D eigenvalue weighted by atomic mass is 9.98. The zero-order valence-electron chi connectivity index (χ0n) is 11.6. The molecular weight excluding hydrogens is 265 g/mol. The lowest BCUT2D eigenvalue weighted by Gasteiger charge is -2.06. The summed E-state index contributed by atoms with van der Waals surface area (Å²) in [6.45, 7) is 0.215. The minimum Gasteiger partial charge on any atom is -0.252 e. The molecule has 0 aliphatic heterocycles. The highest BCUT2D eigenvalue weighted by Gasteiger charge is 2.10. The van der Waals surface area contributed by atoms with Crippen LogP contribution in [0.25, 0.3) is 22.4 Å². The molecule has 1 aromatic heterocycles. The second kappa shape index (κ2) is 6.31. The number of hydrogen-bond donors (Lipinski definition) is 0. The highest BCUT2D eigenvalue weighted by atomic mass is 19.1. The van der Waals surface area contributed by atoms with E-state index in [1.807, 2.05) is 42.6 Å². The van der Waals surface area contributed by atoms with Gasteiger partial charge >= 0.3 is 0 Å². The zero-order valence-corrected chi connectivity index (χ0v) is 11.6. The van der Waals surface area contributed by atoms with Crippen LogP contribution in [-0.4, -0.2) is 21.7 Å². The van der Waals surface area contributed by atoms with Crippen LogP contribution in [0.1, 0.15) is 6.42 Å². The van der Waals surface area contributed by atoms with E-state index in [1.54, 1.807) is 4.68 Å². The molecule has 0 spiro atoms. The molecule has 3 rings (SSSR count). The minimum atomic E-state index is -0.338. The highest BCUT2D eigenvalue weighted by Crippen LogP contribution is 2.30. The number of nitrogens with zero attached hydrogens (tertiary/aromatic N) is 3. The number of hydrogen-bond acceptors (Lipinski definition) is 2. The molecule has 0 saturated carbocycles. The summed E-state index contributed by atoms with van der Waals surface area (Å²) in [7, 11) is 0. The fraction of sp³-hybridized carbons (Fsp3) is 0.176. The van der Waals surface area contributed by atoms with Gasteiger partial charge in [0.25, 0.3) is 0 Å². The fourth-order valence-corrected chi connectivity index (χ4v) is 2.33. The van der Waals surface area contributed by atoms with Crippen molar-refractivity contribution in [2.24, 2.45) is 0 Å². The van der Waals surface area contributed by atoms with Crippen molar-refractivity contribution in [3.63, 3.8) is 0 Å². The van der Waals surface area contributed by atoms with Gasteiger partial charge in [-0.15, -0.1) is 5.10 Å². The normalized spacial score (nSPS) is 10.7. The first-order valence-electron chi connectivity index (χ1n) is 6.99. The smallest absolute Gasteiger partial charge is 0.113 e. The van der Waals surface area contributed by atoms with Crippen LogP contribution in [0.3, 0.4) is 0 Å². The molecule has 0 fully saturated rings. The lowest BCUT2D eigenvalue weighted by molar-refractivity contribution is 0.431. The molecular formula is C17H16FN3. The summed E-state index contributed by atoms with van der Waals surface area (Å²) in [5.74, 6) is 0. The Hall–Kier alpha value is -2.49. The van der Waals surface area contributed by atoms with Crippen LogP contribution in [0.2, 0.25) is 0 Å². The van der Waals surface area contributed by atoms with Gasteiger partial charge in [0, 0.05) is 12.1 Å². The molecule has 0 atom stereocenters. The number of rotatable bonds is 5. The second-order valence-electron chi connectivity index (χ2n) is 4.82. The molecule has 0 N–H and O–H groups in total. The van der Waals surface area contributed by atoms with Gasteiger partial charge in [0.05, 0.1) is 12.9 Å². The van der Waals surface area contributed by atoms with Gasteiger partial charge in [-0.1, -0.05) is 59.8 Å². The summed E-state index contributed by atoms with van der Waals surface area (Å²) in [6, 6.07) is 18.3. The number of aryl methyl sites for hydroxylation is 1. The molecule has 0 saturated heterocycles. The van der Waals surface area contributed by atoms with Gasteiger partial charge in [0.2, 0.25) is 0 Å². The first-order chi connectivity index (χ1) is 10.4. The van der Waals surface area contributed by atoms with Crippen molar-refractivity contribution in [1.29, 1.82) is 0 Å². The average molecular weight is 281 g/mol. The van der Waals surface area contributed by atoms with Gasteiger partial charge in [0.1, 0.15) is 5.69 Å². The summed E-state index contributed by atoms with van der Waals surface area (Å²) >= 11 is 0. The van der Waals surface area contributed by atoms with Crippen molar-refractivity contribution in [2.45, 2.75) is 13.0 Å². The Bertz CT molecular complexity index is 707. The van der Waals surface area contributed by atoms with E-state index in [9.17, 15) is 4.39 Å². The Labute approximate surface area is 123 Å². The van der Waals surface area contributed by atoms with E-state index in [4.69, 9.17) is 0 Å². The number of alkyl halides is 1. The Kier molecular flexibility index (Phi) is 4.05. The predicted octanol–water partition coefficient (Wildman–Crippen LogP) is 3.97. The molecule has 3 aromatic rings. The van der Waals surface area contributed by atoms with Crippen LogP contribution < -0.4 is 0 Å². The summed E-state index contributed by atoms with van der Waals surface area (Å²) in [5, 5.41) is 8.28. The molecule has 0 amide bonds. The van der Waals surface area contributed by atoms with E-state index < -0.39 is 0 Å². The molecule has 1 heterocycles. The predicted molar refractivity (Wildman–Crippen MR) is 81.5 cm³/mol. The van der Waals surface area contributed by atoms with Crippen molar-refractivity contribution < 1.29 is 4.39 Å². The number of benzene rings is 2. The molecule has 0 bridgehead atoms. The van der Waals surface area contributed by atoms with Crippen LogP contribution >= 0.6 is 0 Å². The van der Waals surface area contributed by atoms with Gasteiger partial charge in [-0.25, -0.2) is 0 Å². The van der Waals surface area contributed by atoms with Crippen LogP contribution in [-0.2, 0) is 6.54 Å². The Balaban J connectivity index is 1.97. The Morgan fingerprint density at radius 1 is 0.905 bits per heavy atom. The van der Waals surface area contributed by atoms with E-state index in [0.717, 1.165) is 22.4 Å². The maximum atomic E-state index is 12.2. The molecule has 106 valence electrons. The minimum absolute atomic E-state index is 0.338. The topological polar surface area (TPSA) is 30.7 Å². The van der Waals surface area contributed by atoms with Gasteiger partial charge in [-0.05, 0) is 17.5 Å². The largest absolute Gasteiger partial charge is 0.252 e. The van der Waals surface area contributed by atoms with E-state index >= 15 is 0 Å². The molecule has 2 aromatic carbocycles. The lowest BCUT2D eigenvalue weighted by Crippen LogP contribution is -1.99. The van der Waals surface area contributed by atoms with Gasteiger partial charge in [-0.3, -0.25) is 9.07 Å². The third-order valence-electron chi connectivity index (χ3n) is 3.35. The van der Waals surface area contributed by atoms with Crippen LogP contribution in [0.4, 0.5) is 4.39 Å². The van der Waals surface area contributed by atoms with E-state index in [1.165, 1.54) is 0 Å².